The predicted octanol–water partition coefficient (Wildman–Crippen LogP) is 4.97. The summed E-state index contributed by atoms with van der Waals surface area (Å²) in [5, 5.41) is 7.33. The fraction of sp³-hybridized carbons (Fsp3) is 0.444. The zero-order chi connectivity index (χ0) is 17.1. The minimum absolute atomic E-state index is 0.327. The number of ether oxygens (including phenoxy) is 1. The topological polar surface area (TPSA) is 59.1 Å². The maximum absolute atomic E-state index is 6.11. The van der Waals surface area contributed by atoms with E-state index in [1.807, 2.05) is 18.2 Å². The molecule has 5 nitrogen and oxygen atoms in total. The number of aromatic nitrogens is 2. The van der Waals surface area contributed by atoms with Crippen molar-refractivity contribution in [1.29, 1.82) is 0 Å². The monoisotopic (exact) mass is 346 g/mol. The lowest BCUT2D eigenvalue weighted by molar-refractivity contribution is 0.417. The first-order chi connectivity index (χ1) is 11.6. The number of methoxy groups -OCH3 is 1. The molecule has 0 radical (unpaired) electrons. The van der Waals surface area contributed by atoms with Crippen LogP contribution < -0.4 is 15.4 Å². The number of hydrogen-bond acceptors (Lipinski definition) is 5. The maximum Gasteiger partial charge on any atom is 0.225 e. The van der Waals surface area contributed by atoms with Gasteiger partial charge in [0.15, 0.2) is 0 Å². The Morgan fingerprint density at radius 3 is 2.75 bits per heavy atom. The average molecular weight is 347 g/mol. The molecule has 2 N–H and O–H groups in total. The van der Waals surface area contributed by atoms with Crippen LogP contribution >= 0.6 is 11.6 Å². The summed E-state index contributed by atoms with van der Waals surface area (Å²) < 4.78 is 5.39. The van der Waals surface area contributed by atoms with Crippen molar-refractivity contribution >= 4 is 29.1 Å². The molecule has 0 bridgehead atoms. The lowest BCUT2D eigenvalue weighted by Gasteiger charge is -2.15. The van der Waals surface area contributed by atoms with E-state index >= 15 is 0 Å². The third-order valence-electron chi connectivity index (χ3n) is 4.15. The van der Waals surface area contributed by atoms with E-state index < -0.39 is 0 Å². The van der Waals surface area contributed by atoms with Crippen LogP contribution in [0.15, 0.2) is 24.3 Å². The van der Waals surface area contributed by atoms with Gasteiger partial charge in [0.1, 0.15) is 11.6 Å². The van der Waals surface area contributed by atoms with Crippen molar-refractivity contribution in [2.45, 2.75) is 45.1 Å². The Morgan fingerprint density at radius 1 is 1.29 bits per heavy atom. The fourth-order valence-electron chi connectivity index (χ4n) is 2.42. The molecule has 2 aromatic rings. The average Bonchev–Trinajstić information content (AvgIpc) is 3.39. The van der Waals surface area contributed by atoms with Crippen molar-refractivity contribution in [2.75, 3.05) is 17.7 Å². The Kier molecular flexibility index (Phi) is 5.09. The molecule has 1 aliphatic rings. The number of halogens is 1. The molecule has 0 saturated heterocycles. The van der Waals surface area contributed by atoms with Crippen molar-refractivity contribution in [2.24, 2.45) is 0 Å². The van der Waals surface area contributed by atoms with Crippen LogP contribution in [0.2, 0.25) is 5.02 Å². The van der Waals surface area contributed by atoms with Gasteiger partial charge in [-0.2, -0.15) is 4.98 Å². The molecule has 3 rings (SSSR count). The molecule has 1 saturated carbocycles. The summed E-state index contributed by atoms with van der Waals surface area (Å²) in [5.74, 6) is 2.69. The Bertz CT molecular complexity index is 718. The summed E-state index contributed by atoms with van der Waals surface area (Å²) >= 11 is 6.11. The van der Waals surface area contributed by atoms with E-state index in [4.69, 9.17) is 16.3 Å². The normalized spacial score (nSPS) is 15.0. The molecule has 0 unspecified atom stereocenters. The molecule has 0 aliphatic heterocycles. The number of benzene rings is 1. The van der Waals surface area contributed by atoms with Gasteiger partial charge in [-0.25, -0.2) is 4.98 Å². The summed E-state index contributed by atoms with van der Waals surface area (Å²) in [4.78, 5) is 9.27. The van der Waals surface area contributed by atoms with Crippen LogP contribution in [0, 0.1) is 0 Å². The first kappa shape index (κ1) is 16.8. The summed E-state index contributed by atoms with van der Waals surface area (Å²) in [6.07, 6.45) is 3.40. The van der Waals surface area contributed by atoms with Crippen molar-refractivity contribution in [1.82, 2.24) is 9.97 Å². The molecule has 0 amide bonds. The van der Waals surface area contributed by atoms with E-state index in [1.54, 1.807) is 13.2 Å². The summed E-state index contributed by atoms with van der Waals surface area (Å²) in [6, 6.07) is 7.82. The maximum atomic E-state index is 6.11. The second-order valence-corrected chi connectivity index (χ2v) is 6.64. The van der Waals surface area contributed by atoms with E-state index in [0.717, 1.165) is 29.4 Å². The van der Waals surface area contributed by atoms with Gasteiger partial charge in [-0.1, -0.05) is 18.5 Å². The SMILES string of the molecule is CC[C@H](C)Nc1nc(Nc2cc(Cl)ccc2OC)cc(C2CC2)n1. The molecule has 0 spiro atoms. The van der Waals surface area contributed by atoms with Gasteiger partial charge >= 0.3 is 0 Å². The molecule has 6 heteroatoms. The third kappa shape index (κ3) is 4.09. The second kappa shape index (κ2) is 7.26. The fourth-order valence-corrected chi connectivity index (χ4v) is 2.59. The predicted molar refractivity (Wildman–Crippen MR) is 98.7 cm³/mol. The van der Waals surface area contributed by atoms with Crippen LogP contribution in [-0.4, -0.2) is 23.1 Å². The number of hydrogen-bond donors (Lipinski definition) is 2. The standard InChI is InChI=1S/C18H23ClN4O/c1-4-11(2)20-18-22-14(12-5-6-12)10-17(23-18)21-15-9-13(19)7-8-16(15)24-3/h7-12H,4-6H2,1-3H3,(H2,20,21,22,23)/t11-/m0/s1. The Morgan fingerprint density at radius 2 is 2.08 bits per heavy atom. The molecule has 1 aromatic carbocycles. The number of rotatable bonds is 7. The smallest absolute Gasteiger partial charge is 0.225 e. The van der Waals surface area contributed by atoms with Gasteiger partial charge in [-0.3, -0.25) is 0 Å². The molecule has 1 atom stereocenters. The largest absolute Gasteiger partial charge is 0.495 e. The third-order valence-corrected chi connectivity index (χ3v) is 4.39. The van der Waals surface area contributed by atoms with Crippen LogP contribution in [0.5, 0.6) is 5.75 Å². The Balaban J connectivity index is 1.90. The van der Waals surface area contributed by atoms with Crippen molar-refractivity contribution in [3.05, 3.63) is 35.0 Å². The lowest BCUT2D eigenvalue weighted by Crippen LogP contribution is -2.16. The second-order valence-electron chi connectivity index (χ2n) is 6.20. The highest BCUT2D eigenvalue weighted by molar-refractivity contribution is 6.31. The molecule has 128 valence electrons. The molecule has 24 heavy (non-hydrogen) atoms. The minimum atomic E-state index is 0.327. The number of anilines is 3. The summed E-state index contributed by atoms with van der Waals surface area (Å²) in [6.45, 7) is 4.26. The van der Waals surface area contributed by atoms with Gasteiger partial charge < -0.3 is 15.4 Å². The highest BCUT2D eigenvalue weighted by Crippen LogP contribution is 2.40. The van der Waals surface area contributed by atoms with E-state index in [9.17, 15) is 0 Å². The molecule has 1 heterocycles. The van der Waals surface area contributed by atoms with Gasteiger partial charge in [0, 0.05) is 23.0 Å². The lowest BCUT2D eigenvalue weighted by atomic mass is 10.2. The van der Waals surface area contributed by atoms with E-state index in [2.05, 4.69) is 34.4 Å². The number of nitrogens with one attached hydrogen (secondary N) is 2. The molecular weight excluding hydrogens is 324 g/mol. The van der Waals surface area contributed by atoms with Gasteiger partial charge in [-0.15, -0.1) is 0 Å². The van der Waals surface area contributed by atoms with Crippen LogP contribution in [0.1, 0.15) is 44.7 Å². The molecule has 1 aliphatic carbocycles. The Hall–Kier alpha value is -2.01. The van der Waals surface area contributed by atoms with Gasteiger partial charge in [0.25, 0.3) is 0 Å². The first-order valence-corrected chi connectivity index (χ1v) is 8.73. The van der Waals surface area contributed by atoms with Gasteiger partial charge in [-0.05, 0) is 44.4 Å². The van der Waals surface area contributed by atoms with E-state index in [0.29, 0.717) is 22.9 Å². The van der Waals surface area contributed by atoms with E-state index in [-0.39, 0.29) is 0 Å². The molecule has 1 aromatic heterocycles. The van der Waals surface area contributed by atoms with Crippen molar-refractivity contribution in [3.8, 4) is 5.75 Å². The Labute approximate surface area is 147 Å². The number of nitrogens with zero attached hydrogens (tertiary/aromatic N) is 2. The highest BCUT2D eigenvalue weighted by atomic mass is 35.5. The first-order valence-electron chi connectivity index (χ1n) is 8.35. The van der Waals surface area contributed by atoms with Crippen molar-refractivity contribution in [3.63, 3.8) is 0 Å². The van der Waals surface area contributed by atoms with Crippen LogP contribution in [0.3, 0.4) is 0 Å². The van der Waals surface area contributed by atoms with Crippen LogP contribution in [0.4, 0.5) is 17.5 Å². The summed E-state index contributed by atoms with van der Waals surface area (Å²) in [5.41, 5.74) is 1.87. The van der Waals surface area contributed by atoms with Gasteiger partial charge in [0.2, 0.25) is 5.95 Å². The molecular formula is C18H23ClN4O. The quantitative estimate of drug-likeness (QED) is 0.741. The van der Waals surface area contributed by atoms with Crippen LogP contribution in [-0.2, 0) is 0 Å². The van der Waals surface area contributed by atoms with Crippen molar-refractivity contribution < 1.29 is 4.74 Å². The zero-order valence-electron chi connectivity index (χ0n) is 14.3. The molecule has 1 fully saturated rings. The van der Waals surface area contributed by atoms with Gasteiger partial charge in [0.05, 0.1) is 18.5 Å². The van der Waals surface area contributed by atoms with E-state index in [1.165, 1.54) is 12.8 Å². The highest BCUT2D eigenvalue weighted by Gasteiger charge is 2.26. The van der Waals surface area contributed by atoms with Crippen LogP contribution in [0.25, 0.3) is 0 Å². The zero-order valence-corrected chi connectivity index (χ0v) is 15.0. The summed E-state index contributed by atoms with van der Waals surface area (Å²) in [7, 11) is 1.64. The minimum Gasteiger partial charge on any atom is -0.495 e.